The summed E-state index contributed by atoms with van der Waals surface area (Å²) in [5.41, 5.74) is -0.913. The monoisotopic (exact) mass is 251 g/mol. The fourth-order valence-electron chi connectivity index (χ4n) is 1.85. The fraction of sp³-hybridized carbons (Fsp3) is 0.500. The number of nitrogens with one attached hydrogen (secondary N) is 1. The molecule has 0 spiro atoms. The highest BCUT2D eigenvalue weighted by atomic mass is 16.6. The third-order valence-electron chi connectivity index (χ3n) is 2.42. The molecule has 0 heterocycles. The first-order chi connectivity index (χ1) is 8.39. The van der Waals surface area contributed by atoms with Gasteiger partial charge in [0.1, 0.15) is 5.75 Å². The zero-order valence-corrected chi connectivity index (χ0v) is 11.1. The highest BCUT2D eigenvalue weighted by Gasteiger charge is 2.22. The molecular formula is C14H21NO3. The van der Waals surface area contributed by atoms with Crippen LogP contribution in [0.15, 0.2) is 30.3 Å². The number of hydrogen-bond acceptors (Lipinski definition) is 3. The summed E-state index contributed by atoms with van der Waals surface area (Å²) in [7, 11) is 0. The number of ether oxygens (including phenoxy) is 1. The predicted octanol–water partition coefficient (Wildman–Crippen LogP) is 2.57. The van der Waals surface area contributed by atoms with Crippen molar-refractivity contribution in [3.05, 3.63) is 30.3 Å². The van der Waals surface area contributed by atoms with E-state index in [4.69, 9.17) is 4.74 Å². The van der Waals surface area contributed by atoms with Crippen molar-refractivity contribution in [2.75, 3.05) is 6.54 Å². The van der Waals surface area contributed by atoms with Gasteiger partial charge in [0, 0.05) is 6.54 Å². The van der Waals surface area contributed by atoms with Crippen molar-refractivity contribution >= 4 is 6.09 Å². The van der Waals surface area contributed by atoms with Gasteiger partial charge in [-0.05, 0) is 31.4 Å². The van der Waals surface area contributed by atoms with Gasteiger partial charge in [-0.25, -0.2) is 4.79 Å². The average molecular weight is 251 g/mol. The summed E-state index contributed by atoms with van der Waals surface area (Å²) in [5.74, 6) is 0.852. The van der Waals surface area contributed by atoms with Crippen LogP contribution in [-0.2, 0) is 0 Å². The maximum Gasteiger partial charge on any atom is 0.412 e. The molecule has 0 aliphatic carbocycles. The van der Waals surface area contributed by atoms with Crippen molar-refractivity contribution in [1.29, 1.82) is 0 Å². The molecule has 0 aromatic heterocycles. The van der Waals surface area contributed by atoms with Crippen LogP contribution in [0.3, 0.4) is 0 Å². The van der Waals surface area contributed by atoms with E-state index in [2.05, 4.69) is 5.32 Å². The molecule has 18 heavy (non-hydrogen) atoms. The number of amides is 1. The number of carbonyl (C=O) groups is 1. The fourth-order valence-corrected chi connectivity index (χ4v) is 1.85. The van der Waals surface area contributed by atoms with E-state index < -0.39 is 11.7 Å². The lowest BCUT2D eigenvalue weighted by molar-refractivity contribution is 0.0391. The van der Waals surface area contributed by atoms with Crippen molar-refractivity contribution in [3.8, 4) is 5.75 Å². The SMILES string of the molecule is CC(C)CC(C)(O)CNC(=O)Oc1ccccc1. The zero-order valence-electron chi connectivity index (χ0n) is 11.1. The molecule has 0 saturated heterocycles. The first-order valence-electron chi connectivity index (χ1n) is 6.12. The summed E-state index contributed by atoms with van der Waals surface area (Å²) in [6.07, 6.45) is 0.0729. The van der Waals surface area contributed by atoms with E-state index in [1.165, 1.54) is 0 Å². The largest absolute Gasteiger partial charge is 0.412 e. The second-order valence-corrected chi connectivity index (χ2v) is 5.15. The molecule has 1 unspecified atom stereocenters. The molecule has 1 atom stereocenters. The Morgan fingerprint density at radius 3 is 2.56 bits per heavy atom. The van der Waals surface area contributed by atoms with Gasteiger partial charge in [0.2, 0.25) is 0 Å². The van der Waals surface area contributed by atoms with Gasteiger partial charge in [-0.3, -0.25) is 0 Å². The Morgan fingerprint density at radius 2 is 2.00 bits per heavy atom. The first-order valence-corrected chi connectivity index (χ1v) is 6.12. The number of aliphatic hydroxyl groups is 1. The molecule has 0 saturated carbocycles. The van der Waals surface area contributed by atoms with Crippen LogP contribution in [0.2, 0.25) is 0 Å². The van der Waals surface area contributed by atoms with E-state index in [0.29, 0.717) is 18.1 Å². The van der Waals surface area contributed by atoms with Crippen LogP contribution >= 0.6 is 0 Å². The molecule has 2 N–H and O–H groups in total. The summed E-state index contributed by atoms with van der Waals surface area (Å²) in [5, 5.41) is 12.6. The summed E-state index contributed by atoms with van der Waals surface area (Å²) in [6, 6.07) is 8.82. The Morgan fingerprint density at radius 1 is 1.39 bits per heavy atom. The minimum atomic E-state index is -0.913. The topological polar surface area (TPSA) is 58.6 Å². The predicted molar refractivity (Wildman–Crippen MR) is 70.5 cm³/mol. The van der Waals surface area contributed by atoms with Gasteiger partial charge >= 0.3 is 6.09 Å². The molecule has 4 heteroatoms. The van der Waals surface area contributed by atoms with Crippen LogP contribution in [0, 0.1) is 5.92 Å². The minimum absolute atomic E-state index is 0.177. The summed E-state index contributed by atoms with van der Waals surface area (Å²) < 4.78 is 5.05. The lowest BCUT2D eigenvalue weighted by Crippen LogP contribution is -2.42. The van der Waals surface area contributed by atoms with E-state index in [1.807, 2.05) is 19.9 Å². The molecule has 0 radical (unpaired) electrons. The Labute approximate surface area is 108 Å². The van der Waals surface area contributed by atoms with Crippen molar-refractivity contribution in [1.82, 2.24) is 5.32 Å². The number of para-hydroxylation sites is 1. The molecule has 0 fully saturated rings. The van der Waals surface area contributed by atoms with Crippen LogP contribution in [0.5, 0.6) is 5.75 Å². The highest BCUT2D eigenvalue weighted by Crippen LogP contribution is 2.15. The number of benzene rings is 1. The summed E-state index contributed by atoms with van der Waals surface area (Å²) >= 11 is 0. The lowest BCUT2D eigenvalue weighted by Gasteiger charge is -2.25. The zero-order chi connectivity index (χ0) is 13.6. The molecule has 0 bridgehead atoms. The van der Waals surface area contributed by atoms with Crippen LogP contribution in [-0.4, -0.2) is 23.3 Å². The standard InChI is InChI=1S/C14H21NO3/c1-11(2)9-14(3,17)10-15-13(16)18-12-7-5-4-6-8-12/h4-8,11,17H,9-10H2,1-3H3,(H,15,16). The van der Waals surface area contributed by atoms with Crippen LogP contribution in [0.4, 0.5) is 4.79 Å². The van der Waals surface area contributed by atoms with Gasteiger partial charge in [0.25, 0.3) is 0 Å². The summed E-state index contributed by atoms with van der Waals surface area (Å²) in [4.78, 5) is 11.5. The maximum atomic E-state index is 11.5. The third-order valence-corrected chi connectivity index (χ3v) is 2.42. The molecule has 1 rings (SSSR count). The van der Waals surface area contributed by atoms with Gasteiger partial charge in [-0.2, -0.15) is 0 Å². The smallest absolute Gasteiger partial charge is 0.410 e. The van der Waals surface area contributed by atoms with Crippen molar-refractivity contribution in [2.24, 2.45) is 5.92 Å². The quantitative estimate of drug-likeness (QED) is 0.845. The number of rotatable bonds is 5. The molecule has 1 amide bonds. The Bertz CT molecular complexity index is 374. The van der Waals surface area contributed by atoms with E-state index >= 15 is 0 Å². The minimum Gasteiger partial charge on any atom is -0.410 e. The Kier molecular flexibility index (Phi) is 5.16. The number of hydrogen-bond donors (Lipinski definition) is 2. The van der Waals surface area contributed by atoms with Crippen LogP contribution < -0.4 is 10.1 Å². The molecule has 4 nitrogen and oxygen atoms in total. The third kappa shape index (κ3) is 5.68. The molecule has 0 aliphatic heterocycles. The van der Waals surface area contributed by atoms with Gasteiger partial charge in [-0.15, -0.1) is 0 Å². The van der Waals surface area contributed by atoms with Gasteiger partial charge in [0.05, 0.1) is 5.60 Å². The molecule has 100 valence electrons. The molecule has 0 aliphatic rings. The van der Waals surface area contributed by atoms with Crippen molar-refractivity contribution < 1.29 is 14.6 Å². The van der Waals surface area contributed by atoms with Gasteiger partial charge in [0.15, 0.2) is 0 Å². The van der Waals surface area contributed by atoms with Gasteiger partial charge < -0.3 is 15.2 Å². The molecule has 1 aromatic rings. The maximum absolute atomic E-state index is 11.5. The van der Waals surface area contributed by atoms with E-state index in [9.17, 15) is 9.90 Å². The summed E-state index contributed by atoms with van der Waals surface area (Å²) in [6.45, 7) is 5.93. The van der Waals surface area contributed by atoms with Crippen LogP contribution in [0.25, 0.3) is 0 Å². The van der Waals surface area contributed by atoms with E-state index in [0.717, 1.165) is 0 Å². The van der Waals surface area contributed by atoms with Gasteiger partial charge in [-0.1, -0.05) is 32.0 Å². The molecule has 1 aromatic carbocycles. The normalized spacial score (nSPS) is 14.1. The average Bonchev–Trinajstić information content (AvgIpc) is 2.26. The highest BCUT2D eigenvalue weighted by molar-refractivity contribution is 5.70. The van der Waals surface area contributed by atoms with Crippen molar-refractivity contribution in [3.63, 3.8) is 0 Å². The molecular weight excluding hydrogens is 230 g/mol. The lowest BCUT2D eigenvalue weighted by atomic mass is 9.94. The van der Waals surface area contributed by atoms with Crippen molar-refractivity contribution in [2.45, 2.75) is 32.8 Å². The first kappa shape index (κ1) is 14.5. The number of carbonyl (C=O) groups excluding carboxylic acids is 1. The second-order valence-electron chi connectivity index (χ2n) is 5.15. The Hall–Kier alpha value is -1.55. The van der Waals surface area contributed by atoms with E-state index in [1.54, 1.807) is 31.2 Å². The van der Waals surface area contributed by atoms with Crippen LogP contribution in [0.1, 0.15) is 27.2 Å². The van der Waals surface area contributed by atoms with E-state index in [-0.39, 0.29) is 6.54 Å². The second kappa shape index (κ2) is 6.40. The Balaban J connectivity index is 2.37.